The van der Waals surface area contributed by atoms with Crippen molar-refractivity contribution >= 4 is 29.3 Å². The summed E-state index contributed by atoms with van der Waals surface area (Å²) >= 11 is 1.42. The smallest absolute Gasteiger partial charge is 0.413 e. The van der Waals surface area contributed by atoms with Gasteiger partial charge in [-0.15, -0.1) is 11.3 Å². The zero-order valence-corrected chi connectivity index (χ0v) is 13.6. The zero-order chi connectivity index (χ0) is 16.3. The zero-order valence-electron chi connectivity index (χ0n) is 12.8. The standard InChI is InChI=1S/C15H19NO5S/c1-8-4-5-11-10(6-8)7-12(22-11)14(18)21-9(2)13(17)16-15(19)20-3/h7-9H,4-6H2,1-3H3,(H,16,17,19)/t8-,9-/m0/s1. The molecule has 22 heavy (non-hydrogen) atoms. The molecule has 7 heteroatoms. The SMILES string of the molecule is COC(=O)NC(=O)[C@H](C)OC(=O)c1cc2c(s1)CC[C@H](C)C2. The maximum atomic E-state index is 12.1. The second-order valence-corrected chi connectivity index (χ2v) is 6.57. The highest BCUT2D eigenvalue weighted by atomic mass is 32.1. The number of carbonyl (C=O) groups is 3. The average molecular weight is 325 g/mol. The maximum absolute atomic E-state index is 12.1. The molecule has 1 aromatic rings. The van der Waals surface area contributed by atoms with Crippen molar-refractivity contribution in [2.45, 2.75) is 39.2 Å². The molecule has 0 saturated carbocycles. The monoisotopic (exact) mass is 325 g/mol. The first-order valence-electron chi connectivity index (χ1n) is 7.12. The molecule has 0 spiro atoms. The van der Waals surface area contributed by atoms with Crippen LogP contribution in [0.15, 0.2) is 6.07 Å². The number of hydrogen-bond acceptors (Lipinski definition) is 6. The first-order valence-corrected chi connectivity index (χ1v) is 7.93. The molecule has 0 aromatic carbocycles. The van der Waals surface area contributed by atoms with E-state index in [4.69, 9.17) is 4.74 Å². The summed E-state index contributed by atoms with van der Waals surface area (Å²) in [7, 11) is 1.15. The van der Waals surface area contributed by atoms with Crippen LogP contribution in [0.3, 0.4) is 0 Å². The molecule has 6 nitrogen and oxygen atoms in total. The number of ether oxygens (including phenoxy) is 2. The molecule has 0 aliphatic heterocycles. The van der Waals surface area contributed by atoms with Gasteiger partial charge in [-0.3, -0.25) is 10.1 Å². The number of imide groups is 1. The fourth-order valence-corrected chi connectivity index (χ4v) is 3.42. The second-order valence-electron chi connectivity index (χ2n) is 5.44. The first-order chi connectivity index (χ1) is 10.4. The van der Waals surface area contributed by atoms with Crippen LogP contribution in [-0.2, 0) is 27.1 Å². The molecular formula is C15H19NO5S. The highest BCUT2D eigenvalue weighted by molar-refractivity contribution is 7.14. The number of nitrogens with one attached hydrogen (secondary N) is 1. The number of carbonyl (C=O) groups excluding carboxylic acids is 3. The Hall–Kier alpha value is -1.89. The highest BCUT2D eigenvalue weighted by Crippen LogP contribution is 2.32. The molecule has 120 valence electrons. The molecule has 1 N–H and O–H groups in total. The Labute approximate surface area is 132 Å². The summed E-state index contributed by atoms with van der Waals surface area (Å²) in [5, 5.41) is 1.97. The Bertz CT molecular complexity index is 595. The van der Waals surface area contributed by atoms with Gasteiger partial charge in [-0.1, -0.05) is 6.92 Å². The van der Waals surface area contributed by atoms with E-state index in [1.54, 1.807) is 0 Å². The van der Waals surface area contributed by atoms with E-state index in [9.17, 15) is 14.4 Å². The molecule has 2 amide bonds. The molecule has 0 bridgehead atoms. The topological polar surface area (TPSA) is 81.7 Å². The van der Waals surface area contributed by atoms with Gasteiger partial charge in [-0.05, 0) is 43.7 Å². The predicted molar refractivity (Wildman–Crippen MR) is 80.9 cm³/mol. The summed E-state index contributed by atoms with van der Waals surface area (Å²) < 4.78 is 9.42. The molecule has 0 unspecified atom stereocenters. The third kappa shape index (κ3) is 3.85. The van der Waals surface area contributed by atoms with Crippen LogP contribution in [0.5, 0.6) is 0 Å². The Kier molecular flexibility index (Phi) is 5.18. The molecule has 0 radical (unpaired) electrons. The van der Waals surface area contributed by atoms with E-state index in [1.165, 1.54) is 28.7 Å². The van der Waals surface area contributed by atoms with Crippen LogP contribution >= 0.6 is 11.3 Å². The Morgan fingerprint density at radius 2 is 2.14 bits per heavy atom. The minimum absolute atomic E-state index is 0.497. The van der Waals surface area contributed by atoms with E-state index in [2.05, 4.69) is 11.7 Å². The quantitative estimate of drug-likeness (QED) is 0.862. The van der Waals surface area contributed by atoms with Gasteiger partial charge in [0.15, 0.2) is 6.10 Å². The molecule has 0 saturated heterocycles. The third-order valence-electron chi connectivity index (χ3n) is 3.59. The van der Waals surface area contributed by atoms with Crippen molar-refractivity contribution in [3.8, 4) is 0 Å². The lowest BCUT2D eigenvalue weighted by molar-refractivity contribution is -0.128. The molecule has 1 aliphatic rings. The van der Waals surface area contributed by atoms with Gasteiger partial charge in [0.2, 0.25) is 0 Å². The summed E-state index contributed by atoms with van der Waals surface area (Å²) in [6.45, 7) is 3.60. The van der Waals surface area contributed by atoms with E-state index in [1.807, 2.05) is 11.4 Å². The first kappa shape index (κ1) is 16.5. The van der Waals surface area contributed by atoms with Crippen molar-refractivity contribution < 1.29 is 23.9 Å². The summed E-state index contributed by atoms with van der Waals surface area (Å²) in [4.78, 5) is 36.4. The normalized spacial score (nSPS) is 18.0. The van der Waals surface area contributed by atoms with Crippen molar-refractivity contribution in [3.05, 3.63) is 21.4 Å². The number of alkyl carbamates (subject to hydrolysis) is 1. The number of thiophene rings is 1. The van der Waals surface area contributed by atoms with E-state index in [-0.39, 0.29) is 0 Å². The largest absolute Gasteiger partial charge is 0.453 e. The number of amides is 2. The number of methoxy groups -OCH3 is 1. The Morgan fingerprint density at radius 3 is 2.82 bits per heavy atom. The van der Waals surface area contributed by atoms with Crippen molar-refractivity contribution in [2.24, 2.45) is 5.92 Å². The third-order valence-corrected chi connectivity index (χ3v) is 4.81. The van der Waals surface area contributed by atoms with Crippen LogP contribution in [0.1, 0.15) is 40.4 Å². The summed E-state index contributed by atoms with van der Waals surface area (Å²) in [5.41, 5.74) is 1.20. The Balaban J connectivity index is 1.97. The molecular weight excluding hydrogens is 306 g/mol. The number of aryl methyl sites for hydroxylation is 1. The van der Waals surface area contributed by atoms with Crippen LogP contribution in [-0.4, -0.2) is 31.2 Å². The number of hydrogen-bond donors (Lipinski definition) is 1. The number of esters is 1. The minimum atomic E-state index is -1.07. The molecule has 2 rings (SSSR count). The predicted octanol–water partition coefficient (Wildman–Crippen LogP) is 2.30. The number of rotatable bonds is 3. The van der Waals surface area contributed by atoms with E-state index >= 15 is 0 Å². The number of fused-ring (bicyclic) bond motifs is 1. The van der Waals surface area contributed by atoms with Crippen molar-refractivity contribution in [1.82, 2.24) is 5.32 Å². The van der Waals surface area contributed by atoms with Crippen LogP contribution in [0.25, 0.3) is 0 Å². The van der Waals surface area contributed by atoms with E-state index < -0.39 is 24.1 Å². The summed E-state index contributed by atoms with van der Waals surface area (Å²) in [5.74, 6) is -0.634. The van der Waals surface area contributed by atoms with E-state index in [0.29, 0.717) is 10.8 Å². The van der Waals surface area contributed by atoms with Gasteiger partial charge in [0.25, 0.3) is 5.91 Å². The van der Waals surface area contributed by atoms with Gasteiger partial charge < -0.3 is 9.47 Å². The van der Waals surface area contributed by atoms with Gasteiger partial charge in [-0.2, -0.15) is 0 Å². The molecule has 1 aliphatic carbocycles. The summed E-state index contributed by atoms with van der Waals surface area (Å²) in [6.07, 6.45) is 1.13. The van der Waals surface area contributed by atoms with Crippen molar-refractivity contribution in [3.63, 3.8) is 0 Å². The lowest BCUT2D eigenvalue weighted by Gasteiger charge is -2.16. The average Bonchev–Trinajstić information content (AvgIpc) is 2.89. The highest BCUT2D eigenvalue weighted by Gasteiger charge is 2.25. The molecule has 1 aromatic heterocycles. The van der Waals surface area contributed by atoms with E-state index in [0.717, 1.165) is 26.4 Å². The van der Waals surface area contributed by atoms with Gasteiger partial charge in [0.05, 0.1) is 7.11 Å². The van der Waals surface area contributed by atoms with Crippen LogP contribution in [0.4, 0.5) is 4.79 Å². The fourth-order valence-electron chi connectivity index (χ4n) is 2.33. The molecule has 1 heterocycles. The second kappa shape index (κ2) is 6.91. The van der Waals surface area contributed by atoms with Gasteiger partial charge >= 0.3 is 12.1 Å². The van der Waals surface area contributed by atoms with Gasteiger partial charge in [-0.25, -0.2) is 9.59 Å². The van der Waals surface area contributed by atoms with Gasteiger partial charge in [0, 0.05) is 4.88 Å². The fraction of sp³-hybridized carbons (Fsp3) is 0.533. The molecule has 0 fully saturated rings. The van der Waals surface area contributed by atoms with Gasteiger partial charge in [0.1, 0.15) is 4.88 Å². The maximum Gasteiger partial charge on any atom is 0.413 e. The molecule has 2 atom stereocenters. The summed E-state index contributed by atoms with van der Waals surface area (Å²) in [6, 6.07) is 1.85. The van der Waals surface area contributed by atoms with Crippen LogP contribution in [0.2, 0.25) is 0 Å². The van der Waals surface area contributed by atoms with Crippen molar-refractivity contribution in [1.29, 1.82) is 0 Å². The lowest BCUT2D eigenvalue weighted by atomic mass is 9.90. The minimum Gasteiger partial charge on any atom is -0.453 e. The Morgan fingerprint density at radius 1 is 1.41 bits per heavy atom. The lowest BCUT2D eigenvalue weighted by Crippen LogP contribution is -2.39. The van der Waals surface area contributed by atoms with Crippen LogP contribution < -0.4 is 5.32 Å². The van der Waals surface area contributed by atoms with Crippen LogP contribution in [0, 0.1) is 5.92 Å². The van der Waals surface area contributed by atoms with Crippen molar-refractivity contribution in [2.75, 3.05) is 7.11 Å².